The van der Waals surface area contributed by atoms with Crippen molar-refractivity contribution in [1.29, 1.82) is 0 Å². The molecular formula is C23H24ClN3O5. The number of benzene rings is 1. The van der Waals surface area contributed by atoms with Crippen molar-refractivity contribution in [2.75, 3.05) is 44.4 Å². The SMILES string of the molecule is O[C@@H]1CO[C@H]2C1OC[C@H]2Oc1cc2nc(-c3ccc(N4CCOCC4)cc3)c(Cl)cc2[nH]1. The van der Waals surface area contributed by atoms with E-state index < -0.39 is 6.10 Å². The molecule has 9 heteroatoms. The zero-order chi connectivity index (χ0) is 21.7. The first-order valence-corrected chi connectivity index (χ1v) is 11.2. The predicted octanol–water partition coefficient (Wildman–Crippen LogP) is 2.63. The molecule has 3 aliphatic rings. The smallest absolute Gasteiger partial charge is 0.193 e. The lowest BCUT2D eigenvalue weighted by molar-refractivity contribution is 0.00794. The molecule has 5 heterocycles. The van der Waals surface area contributed by atoms with Gasteiger partial charge in [-0.3, -0.25) is 0 Å². The van der Waals surface area contributed by atoms with Crippen LogP contribution < -0.4 is 9.64 Å². The van der Waals surface area contributed by atoms with Crippen LogP contribution >= 0.6 is 11.6 Å². The van der Waals surface area contributed by atoms with Gasteiger partial charge in [0.25, 0.3) is 0 Å². The highest BCUT2D eigenvalue weighted by Gasteiger charge is 2.48. The third kappa shape index (κ3) is 3.62. The largest absolute Gasteiger partial charge is 0.470 e. The minimum absolute atomic E-state index is 0.270. The number of aliphatic hydroxyl groups excluding tert-OH is 1. The number of fused-ring (bicyclic) bond motifs is 2. The van der Waals surface area contributed by atoms with E-state index in [1.807, 2.05) is 24.3 Å². The average molecular weight is 458 g/mol. The molecule has 3 aliphatic heterocycles. The number of hydrogen-bond donors (Lipinski definition) is 2. The van der Waals surface area contributed by atoms with Gasteiger partial charge in [0.1, 0.15) is 18.3 Å². The molecule has 0 bridgehead atoms. The molecule has 168 valence electrons. The second-order valence-electron chi connectivity index (χ2n) is 8.35. The number of H-pyrrole nitrogens is 1. The van der Waals surface area contributed by atoms with E-state index in [0.29, 0.717) is 17.5 Å². The molecule has 8 nitrogen and oxygen atoms in total. The maximum atomic E-state index is 9.91. The molecule has 0 aliphatic carbocycles. The summed E-state index contributed by atoms with van der Waals surface area (Å²) in [5, 5.41) is 10.5. The van der Waals surface area contributed by atoms with Gasteiger partial charge >= 0.3 is 0 Å². The summed E-state index contributed by atoms with van der Waals surface area (Å²) >= 11 is 6.58. The summed E-state index contributed by atoms with van der Waals surface area (Å²) in [6.07, 6.45) is -1.49. The van der Waals surface area contributed by atoms with Gasteiger partial charge in [-0.05, 0) is 18.2 Å². The van der Waals surface area contributed by atoms with Crippen LogP contribution in [0.3, 0.4) is 0 Å². The highest BCUT2D eigenvalue weighted by atomic mass is 35.5. The molecule has 3 saturated heterocycles. The van der Waals surface area contributed by atoms with Crippen molar-refractivity contribution in [3.63, 3.8) is 0 Å². The van der Waals surface area contributed by atoms with Crippen LogP contribution in [0.25, 0.3) is 22.3 Å². The Hall–Kier alpha value is -2.36. The first-order valence-electron chi connectivity index (χ1n) is 10.9. The van der Waals surface area contributed by atoms with Gasteiger partial charge in [0, 0.05) is 30.4 Å². The zero-order valence-corrected chi connectivity index (χ0v) is 18.1. The number of aromatic nitrogens is 2. The van der Waals surface area contributed by atoms with Gasteiger partial charge in [0.15, 0.2) is 12.0 Å². The summed E-state index contributed by atoms with van der Waals surface area (Å²) in [6, 6.07) is 12.0. The Morgan fingerprint density at radius 1 is 1.06 bits per heavy atom. The van der Waals surface area contributed by atoms with E-state index >= 15 is 0 Å². The number of aliphatic hydroxyl groups is 1. The summed E-state index contributed by atoms with van der Waals surface area (Å²) < 4.78 is 22.8. The Labute approximate surface area is 190 Å². The summed E-state index contributed by atoms with van der Waals surface area (Å²) in [5.74, 6) is 0.572. The topological polar surface area (TPSA) is 89.1 Å². The Balaban J connectivity index is 1.23. The lowest BCUT2D eigenvalue weighted by atomic mass is 10.1. The predicted molar refractivity (Wildman–Crippen MR) is 119 cm³/mol. The van der Waals surface area contributed by atoms with Gasteiger partial charge in [0.2, 0.25) is 0 Å². The number of nitrogens with one attached hydrogen (secondary N) is 1. The van der Waals surface area contributed by atoms with Crippen LogP contribution in [0, 0.1) is 0 Å². The Morgan fingerprint density at radius 3 is 2.66 bits per heavy atom. The van der Waals surface area contributed by atoms with Gasteiger partial charge in [-0.15, -0.1) is 0 Å². The summed E-state index contributed by atoms with van der Waals surface area (Å²) in [6.45, 7) is 3.95. The molecule has 2 aromatic heterocycles. The van der Waals surface area contributed by atoms with E-state index in [1.54, 1.807) is 0 Å². The first-order chi connectivity index (χ1) is 15.7. The molecule has 0 spiro atoms. The van der Waals surface area contributed by atoms with E-state index in [9.17, 15) is 5.11 Å². The third-order valence-corrected chi connectivity index (χ3v) is 6.60. The Kier molecular flexibility index (Phi) is 5.20. The molecule has 0 amide bonds. The normalized spacial score (nSPS) is 27.8. The van der Waals surface area contributed by atoms with Crippen LogP contribution in [0.5, 0.6) is 5.88 Å². The van der Waals surface area contributed by atoms with Gasteiger partial charge < -0.3 is 33.9 Å². The van der Waals surface area contributed by atoms with E-state index in [4.69, 9.17) is 35.5 Å². The van der Waals surface area contributed by atoms with Crippen molar-refractivity contribution >= 4 is 28.3 Å². The number of aromatic amines is 1. The Morgan fingerprint density at radius 2 is 1.84 bits per heavy atom. The van der Waals surface area contributed by atoms with Gasteiger partial charge in [-0.1, -0.05) is 23.7 Å². The number of pyridine rings is 1. The maximum Gasteiger partial charge on any atom is 0.193 e. The molecule has 32 heavy (non-hydrogen) atoms. The van der Waals surface area contributed by atoms with Gasteiger partial charge in [-0.2, -0.15) is 0 Å². The lowest BCUT2D eigenvalue weighted by Crippen LogP contribution is -2.36. The molecule has 0 saturated carbocycles. The summed E-state index contributed by atoms with van der Waals surface area (Å²) in [4.78, 5) is 10.3. The second-order valence-corrected chi connectivity index (χ2v) is 8.76. The number of hydrogen-bond acceptors (Lipinski definition) is 7. The second kappa shape index (κ2) is 8.20. The molecule has 1 unspecified atom stereocenters. The van der Waals surface area contributed by atoms with Crippen molar-refractivity contribution in [3.8, 4) is 17.1 Å². The highest BCUT2D eigenvalue weighted by Crippen LogP contribution is 2.34. The van der Waals surface area contributed by atoms with Crippen LogP contribution in [-0.4, -0.2) is 79.0 Å². The molecule has 6 rings (SSSR count). The number of rotatable bonds is 4. The van der Waals surface area contributed by atoms with Crippen LogP contribution in [-0.2, 0) is 14.2 Å². The fraction of sp³-hybridized carbons (Fsp3) is 0.435. The fourth-order valence-electron chi connectivity index (χ4n) is 4.63. The number of anilines is 1. The van der Waals surface area contributed by atoms with Crippen molar-refractivity contribution in [2.45, 2.75) is 24.4 Å². The first kappa shape index (κ1) is 20.3. The zero-order valence-electron chi connectivity index (χ0n) is 17.4. The summed E-state index contributed by atoms with van der Waals surface area (Å²) in [7, 11) is 0. The molecule has 2 N–H and O–H groups in total. The van der Waals surface area contributed by atoms with Gasteiger partial charge in [0.05, 0.1) is 48.2 Å². The summed E-state index contributed by atoms with van der Waals surface area (Å²) in [5.41, 5.74) is 4.41. The van der Waals surface area contributed by atoms with Crippen molar-refractivity contribution in [1.82, 2.24) is 9.97 Å². The fourth-order valence-corrected chi connectivity index (χ4v) is 4.89. The standard InChI is InChI=1S/C23H24ClN3O5/c24-15-9-16-17(10-20(25-16)32-19-12-31-22-18(28)11-30-23(19)22)26-21(15)13-1-3-14(4-2-13)27-5-7-29-8-6-27/h1-4,9-10,18-19,22-23,25,28H,5-8,11-12H2/t18-,19-,22?,23-/m1/s1. The minimum atomic E-state index is -0.603. The van der Waals surface area contributed by atoms with E-state index in [0.717, 1.165) is 48.6 Å². The van der Waals surface area contributed by atoms with Crippen LogP contribution in [0.15, 0.2) is 36.4 Å². The monoisotopic (exact) mass is 457 g/mol. The number of halogens is 1. The van der Waals surface area contributed by atoms with Gasteiger partial charge in [-0.25, -0.2) is 4.98 Å². The van der Waals surface area contributed by atoms with E-state index in [1.165, 1.54) is 5.69 Å². The molecule has 1 aromatic carbocycles. The quantitative estimate of drug-likeness (QED) is 0.622. The number of nitrogens with zero attached hydrogens (tertiary/aromatic N) is 2. The van der Waals surface area contributed by atoms with E-state index in [2.05, 4.69) is 22.0 Å². The minimum Gasteiger partial charge on any atom is -0.470 e. The maximum absolute atomic E-state index is 9.91. The van der Waals surface area contributed by atoms with Crippen LogP contribution in [0.1, 0.15) is 0 Å². The lowest BCUT2D eigenvalue weighted by Gasteiger charge is -2.28. The third-order valence-electron chi connectivity index (χ3n) is 6.31. The molecule has 4 atom stereocenters. The average Bonchev–Trinajstić information content (AvgIpc) is 3.51. The van der Waals surface area contributed by atoms with Crippen molar-refractivity contribution < 1.29 is 24.1 Å². The molecule has 3 aromatic rings. The molecular weight excluding hydrogens is 434 g/mol. The number of morpholine rings is 1. The van der Waals surface area contributed by atoms with Crippen LogP contribution in [0.4, 0.5) is 5.69 Å². The van der Waals surface area contributed by atoms with Crippen LogP contribution in [0.2, 0.25) is 5.02 Å². The number of ether oxygens (including phenoxy) is 4. The molecule has 3 fully saturated rings. The van der Waals surface area contributed by atoms with Crippen molar-refractivity contribution in [3.05, 3.63) is 41.4 Å². The van der Waals surface area contributed by atoms with Crippen molar-refractivity contribution in [2.24, 2.45) is 0 Å². The highest BCUT2D eigenvalue weighted by molar-refractivity contribution is 6.33. The Bertz CT molecular complexity index is 1110. The molecule has 0 radical (unpaired) electrons. The van der Waals surface area contributed by atoms with E-state index in [-0.39, 0.29) is 24.9 Å².